The number of hydrogen-bond donors (Lipinski definition) is 0. The molecule has 7 heavy (non-hydrogen) atoms. The summed E-state index contributed by atoms with van der Waals surface area (Å²) in [6.45, 7) is 3.24. The molecule has 0 unspecified atom stereocenters. The molecule has 0 amide bonds. The summed E-state index contributed by atoms with van der Waals surface area (Å²) >= 11 is 0. The molecule has 1 aliphatic heterocycles. The van der Waals surface area contributed by atoms with Crippen LogP contribution in [-0.4, -0.2) is 12.7 Å². The van der Waals surface area contributed by atoms with E-state index >= 15 is 0 Å². The quantitative estimate of drug-likeness (QED) is 0.490. The number of unbranched alkanes of at least 4 members (excludes halogenated alkanes) is 1. The molecule has 0 aromatic heterocycles. The number of epoxide rings is 1. The maximum absolute atomic E-state index is 5.01. The molecule has 1 nitrogen and oxygen atoms in total. The fourth-order valence-corrected chi connectivity index (χ4v) is 0.667. The van der Waals surface area contributed by atoms with Gasteiger partial charge in [0, 0.05) is 0 Å². The second-order valence-corrected chi connectivity index (χ2v) is 2.10. The van der Waals surface area contributed by atoms with Crippen molar-refractivity contribution < 1.29 is 4.74 Å². The van der Waals surface area contributed by atoms with Gasteiger partial charge in [0.15, 0.2) is 0 Å². The second kappa shape index (κ2) is 2.31. The van der Waals surface area contributed by atoms with Crippen molar-refractivity contribution in [2.75, 3.05) is 6.61 Å². The molecule has 1 fully saturated rings. The van der Waals surface area contributed by atoms with Gasteiger partial charge in [-0.15, -0.1) is 0 Å². The molecule has 1 heteroatoms. The lowest BCUT2D eigenvalue weighted by Gasteiger charge is -1.86. The fourth-order valence-electron chi connectivity index (χ4n) is 0.667. The van der Waals surface area contributed by atoms with Crippen LogP contribution in [0.4, 0.5) is 0 Å². The van der Waals surface area contributed by atoms with Crippen molar-refractivity contribution in [3.05, 3.63) is 0 Å². The maximum atomic E-state index is 5.01. The van der Waals surface area contributed by atoms with E-state index in [1.54, 1.807) is 0 Å². The van der Waals surface area contributed by atoms with Gasteiger partial charge in [-0.2, -0.15) is 0 Å². The van der Waals surface area contributed by atoms with Crippen molar-refractivity contribution in [2.45, 2.75) is 32.3 Å². The van der Waals surface area contributed by atoms with Gasteiger partial charge in [0.2, 0.25) is 0 Å². The third kappa shape index (κ3) is 1.93. The molecule has 1 atom stereocenters. The van der Waals surface area contributed by atoms with Crippen molar-refractivity contribution in [3.8, 4) is 0 Å². The minimum atomic E-state index is 0.653. The topological polar surface area (TPSA) is 12.5 Å². The van der Waals surface area contributed by atoms with Gasteiger partial charge in [0.05, 0.1) is 12.7 Å². The monoisotopic (exact) mass is 100 g/mol. The summed E-state index contributed by atoms with van der Waals surface area (Å²) in [6.07, 6.45) is 4.58. The molecular formula is C6H12O. The molecule has 1 saturated heterocycles. The molecule has 42 valence electrons. The van der Waals surface area contributed by atoms with Gasteiger partial charge in [-0.3, -0.25) is 0 Å². The van der Waals surface area contributed by atoms with Crippen LogP contribution in [0, 0.1) is 0 Å². The second-order valence-electron chi connectivity index (χ2n) is 2.10. The van der Waals surface area contributed by atoms with E-state index in [9.17, 15) is 0 Å². The molecule has 0 N–H and O–H groups in total. The van der Waals surface area contributed by atoms with E-state index in [1.165, 1.54) is 19.3 Å². The van der Waals surface area contributed by atoms with Gasteiger partial charge in [0.1, 0.15) is 0 Å². The van der Waals surface area contributed by atoms with E-state index < -0.39 is 0 Å². The van der Waals surface area contributed by atoms with Crippen LogP contribution in [-0.2, 0) is 4.74 Å². The summed E-state index contributed by atoms with van der Waals surface area (Å²) < 4.78 is 5.01. The van der Waals surface area contributed by atoms with Crippen LogP contribution < -0.4 is 0 Å². The van der Waals surface area contributed by atoms with Gasteiger partial charge in [0.25, 0.3) is 0 Å². The largest absolute Gasteiger partial charge is 0.373 e. The summed E-state index contributed by atoms with van der Waals surface area (Å²) in [6, 6.07) is 0. The first-order valence-electron chi connectivity index (χ1n) is 3.05. The zero-order valence-corrected chi connectivity index (χ0v) is 4.81. The molecule has 0 aromatic rings. The van der Waals surface area contributed by atoms with Crippen LogP contribution in [0.15, 0.2) is 0 Å². The molecule has 1 heterocycles. The standard InChI is InChI=1S/C6H12O/c1-2-3-4-6-5-7-6/h6H,2-5H2,1H3/t6-/m0/s1. The van der Waals surface area contributed by atoms with Gasteiger partial charge < -0.3 is 4.74 Å². The van der Waals surface area contributed by atoms with E-state index in [1.807, 2.05) is 0 Å². The molecule has 0 spiro atoms. The Morgan fingerprint density at radius 2 is 2.43 bits per heavy atom. The van der Waals surface area contributed by atoms with Crippen LogP contribution in [0.1, 0.15) is 26.2 Å². The molecule has 0 saturated carbocycles. The number of rotatable bonds is 3. The van der Waals surface area contributed by atoms with Crippen LogP contribution in [0.25, 0.3) is 0 Å². The first-order valence-corrected chi connectivity index (χ1v) is 3.05. The normalized spacial score (nSPS) is 27.9. The third-order valence-electron chi connectivity index (χ3n) is 1.28. The lowest BCUT2D eigenvalue weighted by Crippen LogP contribution is -1.81. The predicted octanol–water partition coefficient (Wildman–Crippen LogP) is 1.58. The molecule has 0 radical (unpaired) electrons. The SMILES string of the molecule is CCCC[C@H]1CO1. The summed E-state index contributed by atoms with van der Waals surface area (Å²) in [5.41, 5.74) is 0. The Kier molecular flexibility index (Phi) is 1.69. The molecule has 0 aromatic carbocycles. The Morgan fingerprint density at radius 3 is 2.86 bits per heavy atom. The fraction of sp³-hybridized carbons (Fsp3) is 1.00. The van der Waals surface area contributed by atoms with Crippen molar-refractivity contribution in [1.82, 2.24) is 0 Å². The lowest BCUT2D eigenvalue weighted by atomic mass is 10.2. The minimum absolute atomic E-state index is 0.653. The van der Waals surface area contributed by atoms with Crippen molar-refractivity contribution in [1.29, 1.82) is 0 Å². The first kappa shape index (κ1) is 5.10. The predicted molar refractivity (Wildman–Crippen MR) is 29.3 cm³/mol. The average molecular weight is 100 g/mol. The molecular weight excluding hydrogens is 88.1 g/mol. The van der Waals surface area contributed by atoms with Gasteiger partial charge in [-0.1, -0.05) is 19.8 Å². The Hall–Kier alpha value is -0.0400. The van der Waals surface area contributed by atoms with E-state index in [0.717, 1.165) is 6.61 Å². The van der Waals surface area contributed by atoms with Crippen molar-refractivity contribution >= 4 is 0 Å². The highest BCUT2D eigenvalue weighted by Crippen LogP contribution is 2.15. The van der Waals surface area contributed by atoms with Crippen LogP contribution in [0.5, 0.6) is 0 Å². The highest BCUT2D eigenvalue weighted by molar-refractivity contribution is 4.67. The maximum Gasteiger partial charge on any atom is 0.0810 e. The van der Waals surface area contributed by atoms with E-state index in [0.29, 0.717) is 6.10 Å². The summed E-state index contributed by atoms with van der Waals surface area (Å²) in [7, 11) is 0. The van der Waals surface area contributed by atoms with Gasteiger partial charge in [-0.05, 0) is 6.42 Å². The van der Waals surface area contributed by atoms with Crippen LogP contribution in [0.3, 0.4) is 0 Å². The lowest BCUT2D eigenvalue weighted by molar-refractivity contribution is 0.391. The average Bonchev–Trinajstić information content (AvgIpc) is 2.42. The molecule has 1 rings (SSSR count). The summed E-state index contributed by atoms with van der Waals surface area (Å²) in [5, 5.41) is 0. The molecule has 0 bridgehead atoms. The smallest absolute Gasteiger partial charge is 0.0810 e. The zero-order valence-electron chi connectivity index (χ0n) is 4.81. The Morgan fingerprint density at radius 1 is 1.71 bits per heavy atom. The van der Waals surface area contributed by atoms with Crippen LogP contribution in [0.2, 0.25) is 0 Å². The van der Waals surface area contributed by atoms with Crippen LogP contribution >= 0.6 is 0 Å². The Labute approximate surface area is 44.7 Å². The van der Waals surface area contributed by atoms with Gasteiger partial charge >= 0.3 is 0 Å². The highest BCUT2D eigenvalue weighted by atomic mass is 16.6. The number of hydrogen-bond acceptors (Lipinski definition) is 1. The van der Waals surface area contributed by atoms with E-state index in [2.05, 4.69) is 6.92 Å². The van der Waals surface area contributed by atoms with Crippen molar-refractivity contribution in [2.24, 2.45) is 0 Å². The summed E-state index contributed by atoms with van der Waals surface area (Å²) in [5.74, 6) is 0. The first-order chi connectivity index (χ1) is 3.43. The summed E-state index contributed by atoms with van der Waals surface area (Å²) in [4.78, 5) is 0. The van der Waals surface area contributed by atoms with Gasteiger partial charge in [-0.25, -0.2) is 0 Å². The number of ether oxygens (including phenoxy) is 1. The van der Waals surface area contributed by atoms with E-state index in [-0.39, 0.29) is 0 Å². The molecule has 0 aliphatic carbocycles. The van der Waals surface area contributed by atoms with Crippen molar-refractivity contribution in [3.63, 3.8) is 0 Å². The van der Waals surface area contributed by atoms with E-state index in [4.69, 9.17) is 4.74 Å². The minimum Gasteiger partial charge on any atom is -0.373 e. The highest BCUT2D eigenvalue weighted by Gasteiger charge is 2.20. The Bertz CT molecular complexity index is 48.1. The Balaban J connectivity index is 1.80. The third-order valence-corrected chi connectivity index (χ3v) is 1.28. The molecule has 1 aliphatic rings. The zero-order chi connectivity index (χ0) is 5.11.